The lowest BCUT2D eigenvalue weighted by Crippen LogP contribution is -2.21. The van der Waals surface area contributed by atoms with Crippen molar-refractivity contribution in [2.75, 3.05) is 0 Å². The first-order valence-electron chi connectivity index (χ1n) is 9.82. The van der Waals surface area contributed by atoms with Crippen molar-refractivity contribution >= 4 is 33.2 Å². The molecule has 5 rings (SSSR count). The molecule has 3 N–H and O–H groups in total. The van der Waals surface area contributed by atoms with Crippen molar-refractivity contribution in [3.05, 3.63) is 98.0 Å². The number of ether oxygens (including phenoxy) is 2. The molecule has 0 fully saturated rings. The Morgan fingerprint density at radius 1 is 1.21 bits per heavy atom. The van der Waals surface area contributed by atoms with Gasteiger partial charge in [0.05, 0.1) is 17.2 Å². The maximum absolute atomic E-state index is 12.4. The highest BCUT2D eigenvalue weighted by Gasteiger charge is 2.35. The lowest BCUT2D eigenvalue weighted by atomic mass is 9.83. The first-order chi connectivity index (χ1) is 16.0. The normalized spacial score (nSPS) is 14.8. The van der Waals surface area contributed by atoms with Crippen LogP contribution in [0.3, 0.4) is 0 Å². The summed E-state index contributed by atoms with van der Waals surface area (Å²) in [6.07, 6.45) is 0. The van der Waals surface area contributed by atoms with Crippen molar-refractivity contribution in [1.29, 1.82) is 5.26 Å². The number of halogens is 1. The summed E-state index contributed by atoms with van der Waals surface area (Å²) in [6, 6.07) is 20.4. The van der Waals surface area contributed by atoms with E-state index in [2.05, 4.69) is 32.2 Å². The van der Waals surface area contributed by atoms with Crippen LogP contribution >= 0.6 is 27.3 Å². The molecule has 0 aliphatic carbocycles. The van der Waals surface area contributed by atoms with Gasteiger partial charge in [0.25, 0.3) is 0 Å². The van der Waals surface area contributed by atoms with E-state index in [1.54, 1.807) is 30.3 Å². The van der Waals surface area contributed by atoms with Gasteiger partial charge in [0.1, 0.15) is 22.3 Å². The number of fused-ring (bicyclic) bond motifs is 1. The molecule has 2 aromatic carbocycles. The Bertz CT molecular complexity index is 1420. The number of H-pyrrole nitrogens is 1. The zero-order chi connectivity index (χ0) is 22.9. The Morgan fingerprint density at radius 2 is 2.03 bits per heavy atom. The topological polar surface area (TPSA) is 114 Å². The summed E-state index contributed by atoms with van der Waals surface area (Å²) in [4.78, 5) is 12.9. The van der Waals surface area contributed by atoms with E-state index in [0.717, 1.165) is 15.6 Å². The van der Waals surface area contributed by atoms with Gasteiger partial charge in [-0.25, -0.2) is 4.79 Å². The maximum Gasteiger partial charge on any atom is 0.353 e. The van der Waals surface area contributed by atoms with Gasteiger partial charge in [0.15, 0.2) is 0 Å². The molecule has 0 saturated carbocycles. The van der Waals surface area contributed by atoms with Crippen molar-refractivity contribution in [3.8, 4) is 29.0 Å². The second kappa shape index (κ2) is 8.58. The van der Waals surface area contributed by atoms with Crippen LogP contribution in [0.25, 0.3) is 11.3 Å². The van der Waals surface area contributed by atoms with Crippen LogP contribution in [0.4, 0.5) is 0 Å². The number of aromatic amines is 1. The van der Waals surface area contributed by atoms with Gasteiger partial charge in [-0.1, -0.05) is 46.3 Å². The van der Waals surface area contributed by atoms with Gasteiger partial charge in [-0.05, 0) is 41.3 Å². The standard InChI is InChI=1S/C24H15BrN4O3S/c25-15-8-6-13(7-9-15)21-20-19(17(12-26)22(27)32-23(20)29-28-21)14-3-1-4-16(11-14)31-24(30)18-5-2-10-33-18/h1-11,19H,27H2,(H,28,29). The Balaban J connectivity index is 1.59. The molecule has 0 radical (unpaired) electrons. The third-order valence-corrected chi connectivity index (χ3v) is 6.57. The molecular formula is C24H15BrN4O3S. The fourth-order valence-corrected chi connectivity index (χ4v) is 4.59. The Hall–Kier alpha value is -3.87. The van der Waals surface area contributed by atoms with E-state index in [1.807, 2.05) is 35.7 Å². The molecular weight excluding hydrogens is 504 g/mol. The van der Waals surface area contributed by atoms with Crippen LogP contribution in [-0.4, -0.2) is 16.2 Å². The van der Waals surface area contributed by atoms with Gasteiger partial charge in [0.2, 0.25) is 11.8 Å². The molecule has 1 aliphatic rings. The monoisotopic (exact) mass is 518 g/mol. The molecule has 0 spiro atoms. The van der Waals surface area contributed by atoms with Crippen LogP contribution in [0.1, 0.15) is 26.7 Å². The van der Waals surface area contributed by atoms with Gasteiger partial charge in [-0.2, -0.15) is 5.26 Å². The van der Waals surface area contributed by atoms with Crippen molar-refractivity contribution in [2.24, 2.45) is 5.73 Å². The molecule has 1 unspecified atom stereocenters. The second-order valence-electron chi connectivity index (χ2n) is 7.19. The number of hydrogen-bond donors (Lipinski definition) is 2. The number of benzene rings is 2. The fraction of sp³-hybridized carbons (Fsp3) is 0.0417. The zero-order valence-corrected chi connectivity index (χ0v) is 19.3. The van der Waals surface area contributed by atoms with Gasteiger partial charge in [-0.15, -0.1) is 16.4 Å². The van der Waals surface area contributed by atoms with E-state index in [9.17, 15) is 10.1 Å². The number of rotatable bonds is 4. The summed E-state index contributed by atoms with van der Waals surface area (Å²) in [5.74, 6) is -0.343. The third-order valence-electron chi connectivity index (χ3n) is 5.20. The Morgan fingerprint density at radius 3 is 2.76 bits per heavy atom. The number of aromatic nitrogens is 2. The summed E-state index contributed by atoms with van der Waals surface area (Å²) in [5, 5.41) is 19.0. The van der Waals surface area contributed by atoms with E-state index < -0.39 is 11.9 Å². The number of hydrogen-bond acceptors (Lipinski definition) is 7. The van der Waals surface area contributed by atoms with Gasteiger partial charge in [0, 0.05) is 10.0 Å². The quantitative estimate of drug-likeness (QED) is 0.278. The molecule has 9 heteroatoms. The lowest BCUT2D eigenvalue weighted by molar-refractivity contribution is 0.0739. The molecule has 1 atom stereocenters. The second-order valence-corrected chi connectivity index (χ2v) is 9.05. The van der Waals surface area contributed by atoms with Gasteiger partial charge in [-0.3, -0.25) is 5.10 Å². The summed E-state index contributed by atoms with van der Waals surface area (Å²) in [6.45, 7) is 0. The SMILES string of the molecule is N#CC1=C(N)Oc2n[nH]c(-c3ccc(Br)cc3)c2C1c1cccc(OC(=O)c2cccs2)c1. The van der Waals surface area contributed by atoms with E-state index in [4.69, 9.17) is 15.2 Å². The molecule has 0 bridgehead atoms. The molecule has 3 heterocycles. The van der Waals surface area contributed by atoms with E-state index in [-0.39, 0.29) is 11.5 Å². The fourth-order valence-electron chi connectivity index (χ4n) is 3.72. The summed E-state index contributed by atoms with van der Waals surface area (Å²) < 4.78 is 12.2. The molecule has 33 heavy (non-hydrogen) atoms. The van der Waals surface area contributed by atoms with E-state index >= 15 is 0 Å². The highest BCUT2D eigenvalue weighted by molar-refractivity contribution is 9.10. The van der Waals surface area contributed by atoms with Crippen LogP contribution in [0.2, 0.25) is 0 Å². The minimum absolute atomic E-state index is 0.00941. The zero-order valence-electron chi connectivity index (χ0n) is 16.9. The van der Waals surface area contributed by atoms with Crippen molar-refractivity contribution in [3.63, 3.8) is 0 Å². The van der Waals surface area contributed by atoms with Crippen molar-refractivity contribution in [2.45, 2.75) is 5.92 Å². The molecule has 162 valence electrons. The van der Waals surface area contributed by atoms with Gasteiger partial charge >= 0.3 is 5.97 Å². The number of allylic oxidation sites excluding steroid dienone is 1. The van der Waals surface area contributed by atoms with Gasteiger partial charge < -0.3 is 15.2 Å². The van der Waals surface area contributed by atoms with E-state index in [1.165, 1.54) is 11.3 Å². The molecule has 7 nitrogen and oxygen atoms in total. The first kappa shape index (κ1) is 21.0. The number of esters is 1. The molecule has 4 aromatic rings. The average Bonchev–Trinajstić information content (AvgIpc) is 3.49. The lowest BCUT2D eigenvalue weighted by Gasteiger charge is -2.24. The minimum atomic E-state index is -0.559. The predicted octanol–water partition coefficient (Wildman–Crippen LogP) is 5.34. The number of thiophene rings is 1. The third kappa shape index (κ3) is 3.91. The summed E-state index contributed by atoms with van der Waals surface area (Å²) in [5.41, 5.74) is 9.32. The van der Waals surface area contributed by atoms with Crippen LogP contribution in [0, 0.1) is 11.3 Å². The average molecular weight is 519 g/mol. The van der Waals surface area contributed by atoms with Crippen LogP contribution in [-0.2, 0) is 0 Å². The van der Waals surface area contributed by atoms with E-state index in [0.29, 0.717) is 27.8 Å². The number of carbonyl (C=O) groups excluding carboxylic acids is 1. The molecule has 2 aromatic heterocycles. The highest BCUT2D eigenvalue weighted by atomic mass is 79.9. The number of nitrogens with one attached hydrogen (secondary N) is 1. The van der Waals surface area contributed by atoms with Crippen LogP contribution in [0.15, 0.2) is 82.0 Å². The molecule has 0 saturated heterocycles. The largest absolute Gasteiger partial charge is 0.422 e. The molecule has 1 aliphatic heterocycles. The summed E-state index contributed by atoms with van der Waals surface area (Å²) >= 11 is 4.75. The summed E-state index contributed by atoms with van der Waals surface area (Å²) in [7, 11) is 0. The number of nitriles is 1. The smallest absolute Gasteiger partial charge is 0.353 e. The maximum atomic E-state index is 12.4. The Labute approximate surface area is 201 Å². The number of nitrogens with two attached hydrogens (primary N) is 1. The van der Waals surface area contributed by atoms with Crippen LogP contribution in [0.5, 0.6) is 11.6 Å². The number of carbonyl (C=O) groups is 1. The van der Waals surface area contributed by atoms with Crippen molar-refractivity contribution < 1.29 is 14.3 Å². The Kier molecular flexibility index (Phi) is 5.46. The first-order valence-corrected chi connectivity index (χ1v) is 11.5. The highest BCUT2D eigenvalue weighted by Crippen LogP contribution is 2.46. The predicted molar refractivity (Wildman–Crippen MR) is 127 cm³/mol. The van der Waals surface area contributed by atoms with Crippen molar-refractivity contribution in [1.82, 2.24) is 10.2 Å². The number of nitrogens with zero attached hydrogens (tertiary/aromatic N) is 2. The van der Waals surface area contributed by atoms with Crippen LogP contribution < -0.4 is 15.2 Å². The molecule has 0 amide bonds. The minimum Gasteiger partial charge on any atom is -0.422 e.